The molecule has 1 aromatic heterocycles. The number of carbonyl (C=O) groups excluding carboxylic acids is 1. The number of hydrogen-bond acceptors (Lipinski definition) is 4. The van der Waals surface area contributed by atoms with Gasteiger partial charge in [-0.25, -0.2) is 4.39 Å². The Hall–Kier alpha value is -2.41. The molecule has 1 N–H and O–H groups in total. The van der Waals surface area contributed by atoms with Gasteiger partial charge in [0.25, 0.3) is 0 Å². The molecule has 6 nitrogen and oxygen atoms in total. The minimum atomic E-state index is -0.365. The largest absolute Gasteiger partial charge is 0.489 e. The molecular formula is C19H23FN4O2. The van der Waals surface area contributed by atoms with E-state index in [1.54, 1.807) is 24.4 Å². The minimum Gasteiger partial charge on any atom is -0.489 e. The van der Waals surface area contributed by atoms with Crippen LogP contribution in [0.2, 0.25) is 0 Å². The van der Waals surface area contributed by atoms with E-state index in [0.29, 0.717) is 25.6 Å². The number of para-hydroxylation sites is 1. The number of hydrogen-bond donors (Lipinski definition) is 1. The summed E-state index contributed by atoms with van der Waals surface area (Å²) in [6.07, 6.45) is 4.38. The smallest absolute Gasteiger partial charge is 0.225 e. The normalized spacial score (nSPS) is 22.8. The number of nitrogens with zero attached hydrogens (tertiary/aromatic N) is 3. The van der Waals surface area contributed by atoms with Crippen LogP contribution in [0.4, 0.5) is 4.39 Å². The molecule has 4 rings (SSSR count). The lowest BCUT2D eigenvalue weighted by Crippen LogP contribution is -2.40. The molecular weight excluding hydrogens is 335 g/mol. The lowest BCUT2D eigenvalue weighted by Gasteiger charge is -2.29. The maximum Gasteiger partial charge on any atom is 0.225 e. The van der Waals surface area contributed by atoms with Crippen LogP contribution in [-0.2, 0) is 11.8 Å². The molecule has 0 spiro atoms. The van der Waals surface area contributed by atoms with Gasteiger partial charge >= 0.3 is 0 Å². The van der Waals surface area contributed by atoms with E-state index >= 15 is 0 Å². The molecule has 2 aliphatic rings. The fraction of sp³-hybridized carbons (Fsp3) is 0.474. The Morgan fingerprint density at radius 3 is 2.81 bits per heavy atom. The van der Waals surface area contributed by atoms with E-state index in [0.717, 1.165) is 18.5 Å². The SMILES string of the molecule is Cn1nccc1[C@H]1[C@H](NCCOc2ccccc2F)CC(=O)N1C1CC1. The van der Waals surface area contributed by atoms with Crippen molar-refractivity contribution >= 4 is 5.91 Å². The Bertz CT molecular complexity index is 789. The number of aryl methyl sites for hydroxylation is 1. The number of nitrogens with one attached hydrogen (secondary N) is 1. The van der Waals surface area contributed by atoms with Crippen molar-refractivity contribution in [1.29, 1.82) is 0 Å². The molecule has 1 saturated heterocycles. The highest BCUT2D eigenvalue weighted by molar-refractivity contribution is 5.81. The molecule has 0 radical (unpaired) electrons. The van der Waals surface area contributed by atoms with Crippen LogP contribution in [0.5, 0.6) is 5.75 Å². The predicted molar refractivity (Wildman–Crippen MR) is 94.1 cm³/mol. The maximum absolute atomic E-state index is 13.6. The van der Waals surface area contributed by atoms with E-state index < -0.39 is 0 Å². The van der Waals surface area contributed by atoms with E-state index in [-0.39, 0.29) is 29.6 Å². The summed E-state index contributed by atoms with van der Waals surface area (Å²) in [5, 5.41) is 7.69. The van der Waals surface area contributed by atoms with Gasteiger partial charge in [0.05, 0.1) is 11.7 Å². The Labute approximate surface area is 151 Å². The van der Waals surface area contributed by atoms with Crippen LogP contribution in [0.15, 0.2) is 36.5 Å². The van der Waals surface area contributed by atoms with Gasteiger partial charge in [-0.15, -0.1) is 0 Å². The third kappa shape index (κ3) is 3.31. The summed E-state index contributed by atoms with van der Waals surface area (Å²) in [6.45, 7) is 0.881. The zero-order valence-corrected chi connectivity index (χ0v) is 14.8. The summed E-state index contributed by atoms with van der Waals surface area (Å²) in [5.74, 6) is 0.0713. The van der Waals surface area contributed by atoms with Gasteiger partial charge in [-0.2, -0.15) is 5.10 Å². The first-order valence-electron chi connectivity index (χ1n) is 9.05. The standard InChI is InChI=1S/C19H23FN4O2/c1-23-16(8-9-22-23)19-15(12-18(25)24(19)13-6-7-13)21-10-11-26-17-5-3-2-4-14(17)20/h2-5,8-9,13,15,19,21H,6-7,10-12H2,1H3/t15-,19-/m1/s1. The number of aromatic nitrogens is 2. The molecule has 1 aromatic carbocycles. The summed E-state index contributed by atoms with van der Waals surface area (Å²) >= 11 is 0. The van der Waals surface area contributed by atoms with Crippen LogP contribution in [0.3, 0.4) is 0 Å². The van der Waals surface area contributed by atoms with Gasteiger partial charge < -0.3 is 15.0 Å². The fourth-order valence-corrected chi connectivity index (χ4v) is 3.71. The van der Waals surface area contributed by atoms with E-state index in [4.69, 9.17) is 4.74 Å². The van der Waals surface area contributed by atoms with E-state index in [1.807, 2.05) is 22.7 Å². The van der Waals surface area contributed by atoms with Crippen LogP contribution >= 0.6 is 0 Å². The molecule has 0 bridgehead atoms. The molecule has 1 saturated carbocycles. The predicted octanol–water partition coefficient (Wildman–Crippen LogP) is 2.03. The summed E-state index contributed by atoms with van der Waals surface area (Å²) < 4.78 is 20.9. The van der Waals surface area contributed by atoms with Gasteiger partial charge in [-0.05, 0) is 31.0 Å². The lowest BCUT2D eigenvalue weighted by atomic mass is 10.1. The Morgan fingerprint density at radius 1 is 1.31 bits per heavy atom. The number of carbonyl (C=O) groups is 1. The first-order valence-corrected chi connectivity index (χ1v) is 9.05. The van der Waals surface area contributed by atoms with Crippen molar-refractivity contribution in [2.45, 2.75) is 37.4 Å². The molecule has 2 heterocycles. The zero-order valence-electron chi connectivity index (χ0n) is 14.8. The third-order valence-corrected chi connectivity index (χ3v) is 5.07. The monoisotopic (exact) mass is 358 g/mol. The molecule has 7 heteroatoms. The second-order valence-electron chi connectivity index (χ2n) is 6.90. The molecule has 1 amide bonds. The summed E-state index contributed by atoms with van der Waals surface area (Å²) in [6, 6.07) is 8.68. The van der Waals surface area contributed by atoms with Gasteiger partial charge in [-0.1, -0.05) is 12.1 Å². The number of rotatable bonds is 7. The second kappa shape index (κ2) is 7.07. The number of amides is 1. The van der Waals surface area contributed by atoms with Gasteiger partial charge in [0, 0.05) is 38.3 Å². The van der Waals surface area contributed by atoms with Crippen LogP contribution < -0.4 is 10.1 Å². The highest BCUT2D eigenvalue weighted by Gasteiger charge is 2.47. The minimum absolute atomic E-state index is 0.00252. The van der Waals surface area contributed by atoms with Crippen molar-refractivity contribution in [3.8, 4) is 5.75 Å². The van der Waals surface area contributed by atoms with Gasteiger partial charge in [0.1, 0.15) is 6.61 Å². The highest BCUT2D eigenvalue weighted by atomic mass is 19.1. The highest BCUT2D eigenvalue weighted by Crippen LogP contribution is 2.41. The van der Waals surface area contributed by atoms with Crippen molar-refractivity contribution in [2.75, 3.05) is 13.2 Å². The van der Waals surface area contributed by atoms with Crippen LogP contribution in [-0.4, -0.2) is 45.8 Å². The van der Waals surface area contributed by atoms with Crippen LogP contribution in [0, 0.1) is 5.82 Å². The van der Waals surface area contributed by atoms with Crippen LogP contribution in [0.25, 0.3) is 0 Å². The number of benzene rings is 1. The molecule has 2 fully saturated rings. The average molecular weight is 358 g/mol. The Morgan fingerprint density at radius 2 is 2.12 bits per heavy atom. The summed E-state index contributed by atoms with van der Waals surface area (Å²) in [5.41, 5.74) is 1.04. The van der Waals surface area contributed by atoms with E-state index in [2.05, 4.69) is 10.4 Å². The molecule has 2 atom stereocenters. The molecule has 26 heavy (non-hydrogen) atoms. The molecule has 1 aliphatic carbocycles. The first-order chi connectivity index (χ1) is 12.6. The quantitative estimate of drug-likeness (QED) is 0.770. The molecule has 0 unspecified atom stereocenters. The van der Waals surface area contributed by atoms with Gasteiger partial charge in [0.15, 0.2) is 11.6 Å². The topological polar surface area (TPSA) is 59.4 Å². The number of likely N-dealkylation sites (tertiary alicyclic amines) is 1. The maximum atomic E-state index is 13.6. The average Bonchev–Trinajstić information content (AvgIpc) is 3.29. The first kappa shape index (κ1) is 17.0. The fourth-order valence-electron chi connectivity index (χ4n) is 3.71. The third-order valence-electron chi connectivity index (χ3n) is 5.07. The van der Waals surface area contributed by atoms with E-state index in [9.17, 15) is 9.18 Å². The van der Waals surface area contributed by atoms with Crippen molar-refractivity contribution in [1.82, 2.24) is 20.0 Å². The number of halogens is 1. The second-order valence-corrected chi connectivity index (χ2v) is 6.90. The van der Waals surface area contributed by atoms with Crippen molar-refractivity contribution in [3.63, 3.8) is 0 Å². The molecule has 1 aliphatic heterocycles. The number of ether oxygens (including phenoxy) is 1. The van der Waals surface area contributed by atoms with Crippen molar-refractivity contribution in [2.24, 2.45) is 7.05 Å². The Kier molecular flexibility index (Phi) is 4.63. The summed E-state index contributed by atoms with van der Waals surface area (Å²) in [4.78, 5) is 14.6. The van der Waals surface area contributed by atoms with E-state index in [1.165, 1.54) is 6.07 Å². The lowest BCUT2D eigenvalue weighted by molar-refractivity contribution is -0.129. The molecule has 2 aromatic rings. The van der Waals surface area contributed by atoms with Gasteiger partial charge in [0.2, 0.25) is 5.91 Å². The zero-order chi connectivity index (χ0) is 18.1. The van der Waals surface area contributed by atoms with Crippen molar-refractivity contribution < 1.29 is 13.9 Å². The Balaban J connectivity index is 1.41. The van der Waals surface area contributed by atoms with Crippen LogP contribution in [0.1, 0.15) is 31.0 Å². The molecule has 138 valence electrons. The summed E-state index contributed by atoms with van der Waals surface area (Å²) in [7, 11) is 1.90. The van der Waals surface area contributed by atoms with Gasteiger partial charge in [-0.3, -0.25) is 9.48 Å². The van der Waals surface area contributed by atoms with Crippen molar-refractivity contribution in [3.05, 3.63) is 48.0 Å².